The minimum absolute atomic E-state index is 0.0207. The van der Waals surface area contributed by atoms with Gasteiger partial charge in [-0.25, -0.2) is 4.98 Å². The average molecular weight is 420 g/mol. The summed E-state index contributed by atoms with van der Waals surface area (Å²) in [6.45, 7) is 4.21. The number of carbonyl (C=O) groups is 1. The van der Waals surface area contributed by atoms with E-state index in [0.717, 1.165) is 22.4 Å². The first-order valence-corrected chi connectivity index (χ1v) is 11.2. The van der Waals surface area contributed by atoms with Crippen LogP contribution in [0, 0.1) is 12.8 Å². The Labute approximate surface area is 180 Å². The minimum atomic E-state index is -0.288. The second-order valence-corrected chi connectivity index (χ2v) is 8.49. The predicted octanol–water partition coefficient (Wildman–Crippen LogP) is 3.74. The molecule has 0 saturated carbocycles. The van der Waals surface area contributed by atoms with Crippen LogP contribution in [0.1, 0.15) is 35.3 Å². The van der Waals surface area contributed by atoms with E-state index < -0.39 is 0 Å². The molecular weight excluding hydrogens is 394 g/mol. The molecule has 2 aromatic carbocycles. The van der Waals surface area contributed by atoms with Crippen LogP contribution >= 0.6 is 11.8 Å². The van der Waals surface area contributed by atoms with Gasteiger partial charge in [0.15, 0.2) is 5.16 Å². The van der Waals surface area contributed by atoms with Gasteiger partial charge in [0.1, 0.15) is 0 Å². The van der Waals surface area contributed by atoms with E-state index in [-0.39, 0.29) is 23.4 Å². The van der Waals surface area contributed by atoms with E-state index in [2.05, 4.69) is 10.3 Å². The van der Waals surface area contributed by atoms with Gasteiger partial charge in [-0.15, -0.1) is 0 Å². The third-order valence-electron chi connectivity index (χ3n) is 5.53. The van der Waals surface area contributed by atoms with Crippen LogP contribution in [-0.2, 0) is 17.8 Å². The van der Waals surface area contributed by atoms with E-state index in [1.165, 1.54) is 11.8 Å². The largest absolute Gasteiger partial charge is 0.345 e. The van der Waals surface area contributed by atoms with Gasteiger partial charge in [-0.3, -0.25) is 14.2 Å². The first-order valence-electron chi connectivity index (χ1n) is 10.2. The van der Waals surface area contributed by atoms with Gasteiger partial charge in [0.05, 0.1) is 12.0 Å². The number of carbonyl (C=O) groups excluding carboxylic acids is 1. The third-order valence-corrected chi connectivity index (χ3v) is 6.67. The molecule has 0 fully saturated rings. The Morgan fingerprint density at radius 1 is 1.13 bits per heavy atom. The quantitative estimate of drug-likeness (QED) is 0.640. The second kappa shape index (κ2) is 8.88. The highest BCUT2D eigenvalue weighted by Gasteiger charge is 2.29. The normalized spacial score (nSPS) is 15.6. The molecule has 1 aromatic heterocycles. The molecule has 1 unspecified atom stereocenters. The molecule has 6 heteroatoms. The molecule has 1 amide bonds. The molecule has 4 rings (SSSR count). The zero-order valence-corrected chi connectivity index (χ0v) is 18.0. The van der Waals surface area contributed by atoms with Gasteiger partial charge in [-0.2, -0.15) is 0 Å². The number of aryl methyl sites for hydroxylation is 1. The number of fused-ring (bicyclic) bond motifs is 1. The molecule has 1 N–H and O–H groups in total. The highest BCUT2D eigenvalue weighted by Crippen LogP contribution is 2.28. The number of benzene rings is 2. The minimum Gasteiger partial charge on any atom is -0.345 e. The number of rotatable bonds is 5. The molecule has 154 valence electrons. The Kier molecular flexibility index (Phi) is 6.04. The Morgan fingerprint density at radius 3 is 2.30 bits per heavy atom. The molecule has 1 atom stereocenters. The van der Waals surface area contributed by atoms with Gasteiger partial charge in [-0.1, -0.05) is 79.3 Å². The summed E-state index contributed by atoms with van der Waals surface area (Å²) in [7, 11) is 0. The van der Waals surface area contributed by atoms with Crippen molar-refractivity contribution >= 4 is 17.7 Å². The molecular formula is C24H25N3O2S. The van der Waals surface area contributed by atoms with Gasteiger partial charge in [0.25, 0.3) is 5.56 Å². The van der Waals surface area contributed by atoms with Crippen LogP contribution in [0.4, 0.5) is 0 Å². The first kappa shape index (κ1) is 20.4. The maximum atomic E-state index is 13.2. The molecule has 0 radical (unpaired) electrons. The van der Waals surface area contributed by atoms with Crippen molar-refractivity contribution in [2.24, 2.45) is 5.92 Å². The summed E-state index contributed by atoms with van der Waals surface area (Å²) >= 11 is 1.48. The van der Waals surface area contributed by atoms with Crippen molar-refractivity contribution in [2.75, 3.05) is 5.75 Å². The number of nitrogens with one attached hydrogen (secondary N) is 1. The van der Waals surface area contributed by atoms with Crippen molar-refractivity contribution in [3.63, 3.8) is 0 Å². The molecule has 0 saturated heterocycles. The van der Waals surface area contributed by atoms with Crippen LogP contribution in [0.3, 0.4) is 0 Å². The van der Waals surface area contributed by atoms with Gasteiger partial charge < -0.3 is 5.32 Å². The molecule has 3 aromatic rings. The van der Waals surface area contributed by atoms with Crippen molar-refractivity contribution in [2.45, 2.75) is 38.0 Å². The van der Waals surface area contributed by atoms with Crippen molar-refractivity contribution < 1.29 is 4.79 Å². The third kappa shape index (κ3) is 4.05. The number of aromatic nitrogens is 2. The molecule has 5 nitrogen and oxygen atoms in total. The number of amides is 1. The molecule has 1 aliphatic heterocycles. The van der Waals surface area contributed by atoms with Crippen LogP contribution in [-0.4, -0.2) is 21.2 Å². The van der Waals surface area contributed by atoms with E-state index in [9.17, 15) is 9.59 Å². The number of hydrogen-bond donors (Lipinski definition) is 1. The molecule has 0 aliphatic carbocycles. The van der Waals surface area contributed by atoms with E-state index in [1.807, 2.05) is 74.5 Å². The lowest BCUT2D eigenvalue weighted by molar-refractivity contribution is -0.125. The Morgan fingerprint density at radius 2 is 1.73 bits per heavy atom. The van der Waals surface area contributed by atoms with E-state index in [4.69, 9.17) is 0 Å². The lowest BCUT2D eigenvalue weighted by Crippen LogP contribution is -2.42. The van der Waals surface area contributed by atoms with Gasteiger partial charge in [0.2, 0.25) is 5.91 Å². The maximum absolute atomic E-state index is 13.2. The lowest BCUT2D eigenvalue weighted by atomic mass is 9.97. The summed E-state index contributed by atoms with van der Waals surface area (Å²) in [5.74, 6) is 0.278. The smallest absolute Gasteiger partial charge is 0.257 e. The topological polar surface area (TPSA) is 64.0 Å². The van der Waals surface area contributed by atoms with Gasteiger partial charge in [0, 0.05) is 23.6 Å². The predicted molar refractivity (Wildman–Crippen MR) is 120 cm³/mol. The summed E-state index contributed by atoms with van der Waals surface area (Å²) < 4.78 is 1.67. The zero-order chi connectivity index (χ0) is 21.1. The van der Waals surface area contributed by atoms with Crippen molar-refractivity contribution in [1.29, 1.82) is 0 Å². The highest BCUT2D eigenvalue weighted by molar-refractivity contribution is 7.99. The van der Waals surface area contributed by atoms with Crippen LogP contribution < -0.4 is 10.9 Å². The number of nitrogens with zero attached hydrogens (tertiary/aromatic N) is 2. The summed E-state index contributed by atoms with van der Waals surface area (Å²) in [5.41, 5.74) is 3.56. The Hall–Kier alpha value is -2.86. The Bertz CT molecular complexity index is 1060. The molecule has 30 heavy (non-hydrogen) atoms. The van der Waals surface area contributed by atoms with E-state index in [1.54, 1.807) is 4.57 Å². The van der Waals surface area contributed by atoms with Crippen molar-refractivity contribution in [3.8, 4) is 0 Å². The van der Waals surface area contributed by atoms with Crippen molar-refractivity contribution in [3.05, 3.63) is 93.4 Å². The van der Waals surface area contributed by atoms with Crippen LogP contribution in [0.2, 0.25) is 0 Å². The highest BCUT2D eigenvalue weighted by atomic mass is 32.2. The van der Waals surface area contributed by atoms with E-state index >= 15 is 0 Å². The van der Waals surface area contributed by atoms with Crippen molar-refractivity contribution in [1.82, 2.24) is 14.9 Å². The lowest BCUT2D eigenvalue weighted by Gasteiger charge is -2.27. The zero-order valence-electron chi connectivity index (χ0n) is 17.2. The van der Waals surface area contributed by atoms with Crippen LogP contribution in [0.5, 0.6) is 0 Å². The Balaban J connectivity index is 1.60. The fourth-order valence-electron chi connectivity index (χ4n) is 3.87. The van der Waals surface area contributed by atoms with Gasteiger partial charge in [-0.05, 0) is 24.5 Å². The summed E-state index contributed by atoms with van der Waals surface area (Å²) in [4.78, 5) is 30.7. The monoisotopic (exact) mass is 419 g/mol. The fraction of sp³-hybridized carbons (Fsp3) is 0.292. The maximum Gasteiger partial charge on any atom is 0.257 e. The standard InChI is InChI=1S/C24H25N3O2S/c1-3-20-16(2)25-24-27(23(20)29)14-19(15-30-24)22(28)26-21(17-10-6-4-7-11-17)18-12-8-5-9-13-18/h4-13,19,21H,3,14-15H2,1-2H3,(H,26,28). The van der Waals surface area contributed by atoms with Gasteiger partial charge >= 0.3 is 0 Å². The first-order chi connectivity index (χ1) is 14.6. The number of hydrogen-bond acceptors (Lipinski definition) is 4. The molecule has 2 heterocycles. The second-order valence-electron chi connectivity index (χ2n) is 7.50. The molecule has 0 bridgehead atoms. The average Bonchev–Trinajstić information content (AvgIpc) is 2.78. The van der Waals surface area contributed by atoms with Crippen LogP contribution in [0.15, 0.2) is 70.6 Å². The SMILES string of the molecule is CCc1c(C)nc2n(c1=O)CC(C(=O)NC(c1ccccc1)c1ccccc1)CS2. The number of thioether (sulfide) groups is 1. The molecule has 1 aliphatic rings. The van der Waals surface area contributed by atoms with E-state index in [0.29, 0.717) is 23.9 Å². The fourth-order valence-corrected chi connectivity index (χ4v) is 4.99. The summed E-state index contributed by atoms with van der Waals surface area (Å²) in [6.07, 6.45) is 0.642. The summed E-state index contributed by atoms with van der Waals surface area (Å²) in [6, 6.07) is 19.7. The van der Waals surface area contributed by atoms with Crippen LogP contribution in [0.25, 0.3) is 0 Å². The molecule has 0 spiro atoms. The summed E-state index contributed by atoms with van der Waals surface area (Å²) in [5, 5.41) is 3.93.